The second-order valence-corrected chi connectivity index (χ2v) is 4.53. The number of nitrogens with one attached hydrogen (secondary N) is 1. The molecule has 19 heavy (non-hydrogen) atoms. The molecule has 1 aliphatic rings. The van der Waals surface area contributed by atoms with Crippen molar-refractivity contribution < 1.29 is 9.59 Å². The van der Waals surface area contributed by atoms with Crippen LogP contribution in [0.25, 0.3) is 10.8 Å². The number of ketones is 1. The summed E-state index contributed by atoms with van der Waals surface area (Å²) in [6.07, 6.45) is 0.274. The van der Waals surface area contributed by atoms with E-state index in [1.54, 1.807) is 0 Å². The van der Waals surface area contributed by atoms with Crippen molar-refractivity contribution >= 4 is 34.0 Å². The molecule has 4 heteroatoms. The summed E-state index contributed by atoms with van der Waals surface area (Å²) < 4.78 is 0. The molecule has 0 unspecified atom stereocenters. The third kappa shape index (κ3) is 2.01. The molecule has 0 saturated carbocycles. The van der Waals surface area contributed by atoms with Crippen LogP contribution in [-0.4, -0.2) is 17.5 Å². The predicted octanol–water partition coefficient (Wildman–Crippen LogP) is 2.13. The van der Waals surface area contributed by atoms with Gasteiger partial charge < -0.3 is 5.32 Å². The lowest BCUT2D eigenvalue weighted by atomic mass is 9.96. The lowest BCUT2D eigenvalue weighted by Crippen LogP contribution is -2.37. The molecule has 4 nitrogen and oxygen atoms in total. The first-order valence-corrected chi connectivity index (χ1v) is 6.05. The fourth-order valence-electron chi connectivity index (χ4n) is 2.31. The highest BCUT2D eigenvalue weighted by molar-refractivity contribution is 6.43. The van der Waals surface area contributed by atoms with Crippen LogP contribution in [0.5, 0.6) is 0 Å². The van der Waals surface area contributed by atoms with E-state index in [2.05, 4.69) is 10.3 Å². The average Bonchev–Trinajstić information content (AvgIpc) is 2.39. The monoisotopic (exact) mass is 252 g/mol. The van der Waals surface area contributed by atoms with Crippen molar-refractivity contribution in [3.05, 3.63) is 42.0 Å². The second kappa shape index (κ2) is 4.31. The van der Waals surface area contributed by atoms with Crippen LogP contribution in [-0.2, 0) is 16.0 Å². The first kappa shape index (κ1) is 11.6. The van der Waals surface area contributed by atoms with E-state index in [9.17, 15) is 9.59 Å². The average molecular weight is 252 g/mol. The van der Waals surface area contributed by atoms with E-state index in [-0.39, 0.29) is 23.9 Å². The van der Waals surface area contributed by atoms with Gasteiger partial charge in [0.25, 0.3) is 0 Å². The molecule has 0 atom stereocenters. The van der Waals surface area contributed by atoms with Gasteiger partial charge in [-0.15, -0.1) is 0 Å². The van der Waals surface area contributed by atoms with E-state index < -0.39 is 0 Å². The van der Waals surface area contributed by atoms with Gasteiger partial charge in [-0.25, -0.2) is 4.99 Å². The first-order valence-electron chi connectivity index (χ1n) is 6.05. The number of aliphatic imine (C=N–C) groups is 1. The topological polar surface area (TPSA) is 58.5 Å². The van der Waals surface area contributed by atoms with Crippen molar-refractivity contribution in [1.82, 2.24) is 5.32 Å². The minimum atomic E-state index is -0.281. The Balaban J connectivity index is 2.17. The maximum Gasteiger partial charge on any atom is 0.222 e. The van der Waals surface area contributed by atoms with Gasteiger partial charge in [-0.3, -0.25) is 9.59 Å². The summed E-state index contributed by atoms with van der Waals surface area (Å²) in [6.45, 7) is 1.37. The Bertz CT molecular complexity index is 732. The predicted molar refractivity (Wildman–Crippen MR) is 73.6 cm³/mol. The minimum absolute atomic E-state index is 0.135. The Morgan fingerprint density at radius 2 is 2.00 bits per heavy atom. The number of hydrogen-bond acceptors (Lipinski definition) is 3. The number of carbonyl (C=O) groups is 2. The summed E-state index contributed by atoms with van der Waals surface area (Å²) in [4.78, 5) is 27.3. The molecule has 0 fully saturated rings. The Hall–Kier alpha value is -2.49. The lowest BCUT2D eigenvalue weighted by molar-refractivity contribution is -0.119. The molecule has 0 saturated heterocycles. The lowest BCUT2D eigenvalue weighted by Gasteiger charge is -2.16. The number of carbonyl (C=O) groups excluding carboxylic acids is 2. The van der Waals surface area contributed by atoms with Gasteiger partial charge >= 0.3 is 0 Å². The van der Waals surface area contributed by atoms with Gasteiger partial charge in [0.05, 0.1) is 5.69 Å². The minimum Gasteiger partial charge on any atom is -0.308 e. The van der Waals surface area contributed by atoms with Crippen LogP contribution >= 0.6 is 0 Å². The maximum atomic E-state index is 12.0. The fraction of sp³-hybridized carbons (Fsp3) is 0.133. The number of rotatable bonds is 0. The third-order valence-corrected chi connectivity index (χ3v) is 3.14. The van der Waals surface area contributed by atoms with Gasteiger partial charge in [0.2, 0.25) is 11.7 Å². The number of fused-ring (bicyclic) bond motifs is 3. The zero-order valence-corrected chi connectivity index (χ0v) is 10.4. The van der Waals surface area contributed by atoms with Gasteiger partial charge in [-0.1, -0.05) is 30.3 Å². The maximum absolute atomic E-state index is 12.0. The summed E-state index contributed by atoms with van der Waals surface area (Å²) in [7, 11) is 0. The highest BCUT2D eigenvalue weighted by Gasteiger charge is 2.22. The fourth-order valence-corrected chi connectivity index (χ4v) is 2.31. The Morgan fingerprint density at radius 1 is 1.21 bits per heavy atom. The van der Waals surface area contributed by atoms with Gasteiger partial charge in [-0.2, -0.15) is 0 Å². The van der Waals surface area contributed by atoms with Crippen molar-refractivity contribution in [3.63, 3.8) is 0 Å². The zero-order valence-electron chi connectivity index (χ0n) is 10.4. The second-order valence-electron chi connectivity index (χ2n) is 4.53. The molecule has 0 spiro atoms. The van der Waals surface area contributed by atoms with E-state index in [1.165, 1.54) is 6.92 Å². The molecule has 3 rings (SSSR count). The van der Waals surface area contributed by atoms with Gasteiger partial charge in [0.15, 0.2) is 5.84 Å². The number of amidine groups is 1. The van der Waals surface area contributed by atoms with E-state index >= 15 is 0 Å². The summed E-state index contributed by atoms with van der Waals surface area (Å²) in [5, 5.41) is 4.61. The molecule has 2 aromatic carbocycles. The highest BCUT2D eigenvalue weighted by Crippen LogP contribution is 2.31. The van der Waals surface area contributed by atoms with Crippen molar-refractivity contribution in [3.8, 4) is 0 Å². The Morgan fingerprint density at radius 3 is 2.79 bits per heavy atom. The largest absolute Gasteiger partial charge is 0.308 e. The quantitative estimate of drug-likeness (QED) is 0.780. The summed E-state index contributed by atoms with van der Waals surface area (Å²) >= 11 is 0. The molecule has 1 N–H and O–H groups in total. The van der Waals surface area contributed by atoms with Gasteiger partial charge in [-0.05, 0) is 22.4 Å². The van der Waals surface area contributed by atoms with Crippen LogP contribution in [0.2, 0.25) is 0 Å². The molecular formula is C15H12N2O2. The molecule has 0 aromatic heterocycles. The van der Waals surface area contributed by atoms with E-state index in [1.807, 2.05) is 36.4 Å². The molecule has 0 radical (unpaired) electrons. The standard InChI is InChI=1S/C15H12N2O2/c1-9(18)16-15-14(19)8-12-11-5-3-2-4-10(11)6-7-13(12)17-15/h2-7H,8H2,1H3,(H,16,17,18). The van der Waals surface area contributed by atoms with Crippen molar-refractivity contribution in [2.75, 3.05) is 0 Å². The first-order chi connectivity index (χ1) is 9.15. The number of Topliss-reactive ketones (excluding diaryl/α,β-unsaturated/α-hetero) is 1. The molecule has 94 valence electrons. The van der Waals surface area contributed by atoms with E-state index in [4.69, 9.17) is 0 Å². The smallest absolute Gasteiger partial charge is 0.222 e. The van der Waals surface area contributed by atoms with Crippen molar-refractivity contribution in [1.29, 1.82) is 0 Å². The van der Waals surface area contributed by atoms with Crippen LogP contribution in [0.3, 0.4) is 0 Å². The molecular weight excluding hydrogens is 240 g/mol. The van der Waals surface area contributed by atoms with Crippen LogP contribution < -0.4 is 5.32 Å². The normalized spacial score (nSPS) is 13.9. The van der Waals surface area contributed by atoms with Crippen molar-refractivity contribution in [2.24, 2.45) is 4.99 Å². The van der Waals surface area contributed by atoms with Crippen LogP contribution in [0.15, 0.2) is 41.4 Å². The third-order valence-electron chi connectivity index (χ3n) is 3.14. The number of benzene rings is 2. The molecule has 2 aromatic rings. The van der Waals surface area contributed by atoms with Crippen LogP contribution in [0.4, 0.5) is 5.69 Å². The highest BCUT2D eigenvalue weighted by atomic mass is 16.2. The van der Waals surface area contributed by atoms with E-state index in [0.29, 0.717) is 0 Å². The Labute approximate surface area is 110 Å². The molecule has 1 aliphatic heterocycles. The van der Waals surface area contributed by atoms with Gasteiger partial charge in [0, 0.05) is 13.3 Å². The SMILES string of the molecule is CC(=O)NC1=Nc2ccc3ccccc3c2CC1=O. The number of amides is 1. The molecule has 1 heterocycles. The summed E-state index contributed by atoms with van der Waals surface area (Å²) in [5.74, 6) is -0.300. The summed E-state index contributed by atoms with van der Waals surface area (Å²) in [6, 6.07) is 11.8. The molecule has 0 aliphatic carbocycles. The van der Waals surface area contributed by atoms with Crippen LogP contribution in [0, 0.1) is 0 Å². The van der Waals surface area contributed by atoms with Crippen LogP contribution in [0.1, 0.15) is 12.5 Å². The molecule has 0 bridgehead atoms. The zero-order chi connectivity index (χ0) is 13.4. The number of hydrogen-bond donors (Lipinski definition) is 1. The Kier molecular flexibility index (Phi) is 2.63. The number of nitrogens with zero attached hydrogens (tertiary/aromatic N) is 1. The summed E-state index contributed by atoms with van der Waals surface area (Å²) in [5.41, 5.74) is 1.68. The molecule has 1 amide bonds. The van der Waals surface area contributed by atoms with Gasteiger partial charge in [0.1, 0.15) is 0 Å². The van der Waals surface area contributed by atoms with E-state index in [0.717, 1.165) is 22.0 Å². The van der Waals surface area contributed by atoms with Crippen molar-refractivity contribution in [2.45, 2.75) is 13.3 Å².